The first-order chi connectivity index (χ1) is 5.61. The quantitative estimate of drug-likeness (QED) is 0.585. The maximum Gasteiger partial charge on any atom is 0.246 e. The fourth-order valence-corrected chi connectivity index (χ4v) is 0.928. The van der Waals surface area contributed by atoms with Gasteiger partial charge in [0.05, 0.1) is 6.54 Å². The predicted octanol–water partition coefficient (Wildman–Crippen LogP) is -0.226. The summed E-state index contributed by atoms with van der Waals surface area (Å²) in [6.07, 6.45) is 4.86. The van der Waals surface area contributed by atoms with Crippen LogP contribution in [0.3, 0.4) is 0 Å². The number of carbonyl (C=O) groups excluding carboxylic acids is 2. The number of nitrogens with two attached hydrogens (primary N) is 1. The molecule has 0 aromatic carbocycles. The summed E-state index contributed by atoms with van der Waals surface area (Å²) < 4.78 is 0. The molecule has 12 heavy (non-hydrogen) atoms. The Labute approximate surface area is 70.3 Å². The van der Waals surface area contributed by atoms with Crippen LogP contribution in [0.5, 0.6) is 0 Å². The van der Waals surface area contributed by atoms with Gasteiger partial charge in [0.2, 0.25) is 11.8 Å². The van der Waals surface area contributed by atoms with Gasteiger partial charge in [-0.15, -0.1) is 0 Å². The largest absolute Gasteiger partial charge is 0.366 e. The van der Waals surface area contributed by atoms with Gasteiger partial charge >= 0.3 is 0 Å². The molecular formula is C8H10N2O2. The van der Waals surface area contributed by atoms with Crippen LogP contribution in [0.1, 0.15) is 6.92 Å². The SMILES string of the molecule is CC(=O)N1C=CC=C(C(N)=O)C1. The average Bonchev–Trinajstić information content (AvgIpc) is 2.04. The molecule has 0 spiro atoms. The number of hydrogen-bond donors (Lipinski definition) is 1. The van der Waals surface area contributed by atoms with Crippen molar-refractivity contribution in [2.75, 3.05) is 6.54 Å². The Morgan fingerprint density at radius 3 is 2.75 bits per heavy atom. The van der Waals surface area contributed by atoms with E-state index < -0.39 is 5.91 Å². The zero-order chi connectivity index (χ0) is 9.14. The van der Waals surface area contributed by atoms with E-state index in [1.165, 1.54) is 11.8 Å². The number of hydrogen-bond acceptors (Lipinski definition) is 2. The summed E-state index contributed by atoms with van der Waals surface area (Å²) in [5, 5.41) is 0. The van der Waals surface area contributed by atoms with E-state index in [0.717, 1.165) is 0 Å². The van der Waals surface area contributed by atoms with E-state index in [9.17, 15) is 9.59 Å². The van der Waals surface area contributed by atoms with Crippen molar-refractivity contribution in [3.63, 3.8) is 0 Å². The molecule has 0 fully saturated rings. The van der Waals surface area contributed by atoms with Gasteiger partial charge in [0.25, 0.3) is 0 Å². The molecule has 2 amide bonds. The topological polar surface area (TPSA) is 63.4 Å². The second-order valence-electron chi connectivity index (χ2n) is 2.54. The molecule has 1 aliphatic rings. The first-order valence-electron chi connectivity index (χ1n) is 3.55. The Balaban J connectivity index is 2.74. The number of carbonyl (C=O) groups is 2. The molecule has 0 radical (unpaired) electrons. The van der Waals surface area contributed by atoms with E-state index >= 15 is 0 Å². The lowest BCUT2D eigenvalue weighted by Crippen LogP contribution is -2.31. The van der Waals surface area contributed by atoms with Crippen molar-refractivity contribution in [1.82, 2.24) is 4.90 Å². The van der Waals surface area contributed by atoms with Crippen LogP contribution in [0, 0.1) is 0 Å². The van der Waals surface area contributed by atoms with Crippen molar-refractivity contribution in [2.24, 2.45) is 5.73 Å². The molecule has 1 rings (SSSR count). The third kappa shape index (κ3) is 1.72. The van der Waals surface area contributed by atoms with Gasteiger partial charge in [0, 0.05) is 18.7 Å². The van der Waals surface area contributed by atoms with Gasteiger partial charge in [-0.1, -0.05) is 6.08 Å². The molecule has 0 bridgehead atoms. The number of primary amides is 1. The Morgan fingerprint density at radius 1 is 1.58 bits per heavy atom. The molecule has 1 aliphatic heterocycles. The maximum absolute atomic E-state index is 10.9. The van der Waals surface area contributed by atoms with Crippen molar-refractivity contribution < 1.29 is 9.59 Å². The Hall–Kier alpha value is -1.58. The average molecular weight is 166 g/mol. The summed E-state index contributed by atoms with van der Waals surface area (Å²) in [5.74, 6) is -0.580. The van der Waals surface area contributed by atoms with Crippen LogP contribution in [0.4, 0.5) is 0 Å². The Kier molecular flexibility index (Phi) is 2.28. The lowest BCUT2D eigenvalue weighted by Gasteiger charge is -2.19. The number of nitrogens with zero attached hydrogens (tertiary/aromatic N) is 1. The smallest absolute Gasteiger partial charge is 0.246 e. The van der Waals surface area contributed by atoms with Gasteiger partial charge < -0.3 is 10.6 Å². The molecule has 0 aromatic heterocycles. The highest BCUT2D eigenvalue weighted by Crippen LogP contribution is 2.06. The van der Waals surface area contributed by atoms with Crippen molar-refractivity contribution in [3.05, 3.63) is 23.9 Å². The van der Waals surface area contributed by atoms with E-state index in [1.54, 1.807) is 18.4 Å². The summed E-state index contributed by atoms with van der Waals surface area (Å²) in [5.41, 5.74) is 5.50. The zero-order valence-corrected chi connectivity index (χ0v) is 6.78. The van der Waals surface area contributed by atoms with E-state index in [4.69, 9.17) is 5.73 Å². The minimum atomic E-state index is -0.481. The molecule has 0 saturated carbocycles. The van der Waals surface area contributed by atoms with Gasteiger partial charge in [-0.2, -0.15) is 0 Å². The normalized spacial score (nSPS) is 15.8. The minimum Gasteiger partial charge on any atom is -0.366 e. The molecule has 0 saturated heterocycles. The zero-order valence-electron chi connectivity index (χ0n) is 6.78. The van der Waals surface area contributed by atoms with E-state index in [2.05, 4.69) is 0 Å². The van der Waals surface area contributed by atoms with Crippen LogP contribution in [0.15, 0.2) is 23.9 Å². The molecule has 0 unspecified atom stereocenters. The monoisotopic (exact) mass is 166 g/mol. The fraction of sp³-hybridized carbons (Fsp3) is 0.250. The first kappa shape index (κ1) is 8.52. The maximum atomic E-state index is 10.9. The number of rotatable bonds is 1. The Morgan fingerprint density at radius 2 is 2.25 bits per heavy atom. The molecule has 64 valence electrons. The van der Waals surface area contributed by atoms with E-state index in [1.807, 2.05) is 0 Å². The highest BCUT2D eigenvalue weighted by atomic mass is 16.2. The minimum absolute atomic E-state index is 0.0990. The summed E-state index contributed by atoms with van der Waals surface area (Å²) >= 11 is 0. The molecule has 0 aromatic rings. The van der Waals surface area contributed by atoms with Crippen LogP contribution in [-0.2, 0) is 9.59 Å². The third-order valence-electron chi connectivity index (χ3n) is 1.63. The third-order valence-corrected chi connectivity index (χ3v) is 1.63. The van der Waals surface area contributed by atoms with Crippen LogP contribution >= 0.6 is 0 Å². The van der Waals surface area contributed by atoms with Crippen LogP contribution in [0.2, 0.25) is 0 Å². The van der Waals surface area contributed by atoms with Gasteiger partial charge in [0.15, 0.2) is 0 Å². The second kappa shape index (κ2) is 3.21. The molecule has 4 heteroatoms. The fourth-order valence-electron chi connectivity index (χ4n) is 0.928. The molecule has 1 heterocycles. The molecule has 0 atom stereocenters. The Bertz CT molecular complexity index is 279. The first-order valence-corrected chi connectivity index (χ1v) is 3.55. The highest BCUT2D eigenvalue weighted by molar-refractivity contribution is 5.93. The number of allylic oxidation sites excluding steroid dienone is 2. The molecule has 0 aliphatic carbocycles. The molecule has 4 nitrogen and oxygen atoms in total. The molecular weight excluding hydrogens is 156 g/mol. The highest BCUT2D eigenvalue weighted by Gasteiger charge is 2.13. The van der Waals surface area contributed by atoms with Crippen LogP contribution < -0.4 is 5.73 Å². The van der Waals surface area contributed by atoms with Gasteiger partial charge in [-0.05, 0) is 6.08 Å². The van der Waals surface area contributed by atoms with Crippen LogP contribution in [-0.4, -0.2) is 23.3 Å². The summed E-state index contributed by atoms with van der Waals surface area (Å²) in [4.78, 5) is 23.0. The van der Waals surface area contributed by atoms with Crippen molar-refractivity contribution >= 4 is 11.8 Å². The lowest BCUT2D eigenvalue weighted by molar-refractivity contribution is -0.126. The predicted molar refractivity (Wildman–Crippen MR) is 43.8 cm³/mol. The van der Waals surface area contributed by atoms with E-state index in [-0.39, 0.29) is 12.5 Å². The van der Waals surface area contributed by atoms with Crippen molar-refractivity contribution in [1.29, 1.82) is 0 Å². The van der Waals surface area contributed by atoms with Crippen molar-refractivity contribution in [3.8, 4) is 0 Å². The van der Waals surface area contributed by atoms with Crippen LogP contribution in [0.25, 0.3) is 0 Å². The van der Waals surface area contributed by atoms with Gasteiger partial charge in [0.1, 0.15) is 0 Å². The summed E-state index contributed by atoms with van der Waals surface area (Å²) in [7, 11) is 0. The second-order valence-corrected chi connectivity index (χ2v) is 2.54. The summed E-state index contributed by atoms with van der Waals surface area (Å²) in [6.45, 7) is 1.72. The lowest BCUT2D eigenvalue weighted by atomic mass is 10.2. The number of amides is 2. The van der Waals surface area contributed by atoms with Gasteiger partial charge in [-0.3, -0.25) is 9.59 Å². The van der Waals surface area contributed by atoms with E-state index in [0.29, 0.717) is 5.57 Å². The molecule has 2 N–H and O–H groups in total. The summed E-state index contributed by atoms with van der Waals surface area (Å²) in [6, 6.07) is 0. The van der Waals surface area contributed by atoms with Crippen molar-refractivity contribution in [2.45, 2.75) is 6.92 Å². The standard InChI is InChI=1S/C8H10N2O2/c1-6(11)10-4-2-3-7(5-10)8(9)12/h2-4H,5H2,1H3,(H2,9,12). The van der Waals surface area contributed by atoms with Gasteiger partial charge in [-0.25, -0.2) is 0 Å².